The van der Waals surface area contributed by atoms with Gasteiger partial charge in [-0.25, -0.2) is 0 Å². The fourth-order valence-electron chi connectivity index (χ4n) is 3.81. The standard InChI is InChI=1S/C16H24N2O/c1-11-9-18(10-15(11)17(2)3)14-8-12-6-4-5-7-13(12)16(14)19/h4-7,11,14-16,19H,8-10H2,1-3H3. The van der Waals surface area contributed by atoms with Gasteiger partial charge in [-0.1, -0.05) is 31.2 Å². The minimum atomic E-state index is -0.315. The summed E-state index contributed by atoms with van der Waals surface area (Å²) in [7, 11) is 4.31. The number of aliphatic hydroxyl groups is 1. The van der Waals surface area contributed by atoms with Crippen molar-refractivity contribution in [2.45, 2.75) is 31.5 Å². The molecule has 1 aliphatic carbocycles. The van der Waals surface area contributed by atoms with Crippen LogP contribution in [0.2, 0.25) is 0 Å². The lowest BCUT2D eigenvalue weighted by molar-refractivity contribution is 0.0705. The fourth-order valence-corrected chi connectivity index (χ4v) is 3.81. The Hall–Kier alpha value is -0.900. The maximum Gasteiger partial charge on any atom is 0.0951 e. The van der Waals surface area contributed by atoms with Crippen molar-refractivity contribution in [1.82, 2.24) is 9.80 Å². The van der Waals surface area contributed by atoms with Gasteiger partial charge in [0.15, 0.2) is 0 Å². The van der Waals surface area contributed by atoms with E-state index < -0.39 is 0 Å². The van der Waals surface area contributed by atoms with Crippen LogP contribution in [0.25, 0.3) is 0 Å². The third-order valence-corrected chi connectivity index (χ3v) is 4.90. The number of fused-ring (bicyclic) bond motifs is 1. The fraction of sp³-hybridized carbons (Fsp3) is 0.625. The van der Waals surface area contributed by atoms with Gasteiger partial charge in [-0.05, 0) is 37.6 Å². The first kappa shape index (κ1) is 13.1. The Morgan fingerprint density at radius 3 is 2.58 bits per heavy atom. The third kappa shape index (κ3) is 2.20. The van der Waals surface area contributed by atoms with E-state index in [4.69, 9.17) is 0 Å². The molecular formula is C16H24N2O. The zero-order chi connectivity index (χ0) is 13.6. The minimum Gasteiger partial charge on any atom is -0.387 e. The summed E-state index contributed by atoms with van der Waals surface area (Å²) in [6.45, 7) is 4.49. The van der Waals surface area contributed by atoms with Crippen molar-refractivity contribution in [3.63, 3.8) is 0 Å². The largest absolute Gasteiger partial charge is 0.387 e. The van der Waals surface area contributed by atoms with Crippen LogP contribution in [0.3, 0.4) is 0 Å². The lowest BCUT2D eigenvalue weighted by Crippen LogP contribution is -2.39. The molecule has 0 amide bonds. The molecule has 104 valence electrons. The molecule has 0 bridgehead atoms. The summed E-state index contributed by atoms with van der Waals surface area (Å²) in [5, 5.41) is 10.6. The molecule has 4 atom stereocenters. The molecule has 1 saturated heterocycles. The number of rotatable bonds is 2. The van der Waals surface area contributed by atoms with E-state index in [1.807, 2.05) is 6.07 Å². The first-order valence-corrected chi connectivity index (χ1v) is 7.24. The van der Waals surface area contributed by atoms with Crippen molar-refractivity contribution < 1.29 is 5.11 Å². The number of nitrogens with zero attached hydrogens (tertiary/aromatic N) is 2. The second-order valence-corrected chi connectivity index (χ2v) is 6.38. The number of aliphatic hydroxyl groups excluding tert-OH is 1. The van der Waals surface area contributed by atoms with Crippen LogP contribution in [0.4, 0.5) is 0 Å². The third-order valence-electron chi connectivity index (χ3n) is 4.90. The molecule has 1 aromatic rings. The van der Waals surface area contributed by atoms with Crippen LogP contribution in [0, 0.1) is 5.92 Å². The number of likely N-dealkylation sites (N-methyl/N-ethyl adjacent to an activating group) is 1. The van der Waals surface area contributed by atoms with Gasteiger partial charge in [0.05, 0.1) is 6.10 Å². The van der Waals surface area contributed by atoms with Gasteiger partial charge in [0.25, 0.3) is 0 Å². The average molecular weight is 260 g/mol. The van der Waals surface area contributed by atoms with E-state index in [-0.39, 0.29) is 12.1 Å². The highest BCUT2D eigenvalue weighted by atomic mass is 16.3. The molecule has 1 N–H and O–H groups in total. The van der Waals surface area contributed by atoms with Crippen LogP contribution in [-0.4, -0.2) is 54.2 Å². The van der Waals surface area contributed by atoms with E-state index in [0.717, 1.165) is 25.1 Å². The summed E-state index contributed by atoms with van der Waals surface area (Å²) in [6, 6.07) is 9.20. The molecule has 1 aliphatic heterocycles. The molecule has 19 heavy (non-hydrogen) atoms. The van der Waals surface area contributed by atoms with E-state index in [1.165, 1.54) is 5.56 Å². The van der Waals surface area contributed by atoms with E-state index in [0.29, 0.717) is 12.0 Å². The van der Waals surface area contributed by atoms with Crippen molar-refractivity contribution in [2.75, 3.05) is 27.2 Å². The summed E-state index contributed by atoms with van der Waals surface area (Å²) in [6.07, 6.45) is 0.675. The van der Waals surface area contributed by atoms with Crippen LogP contribution in [0.1, 0.15) is 24.2 Å². The van der Waals surface area contributed by atoms with Crippen LogP contribution in [0.5, 0.6) is 0 Å². The molecule has 0 aromatic heterocycles. The van der Waals surface area contributed by atoms with E-state index in [1.54, 1.807) is 0 Å². The highest BCUT2D eigenvalue weighted by Crippen LogP contribution is 2.36. The molecule has 2 aliphatic rings. The first-order chi connectivity index (χ1) is 9.08. The molecule has 3 nitrogen and oxygen atoms in total. The summed E-state index contributed by atoms with van der Waals surface area (Å²) in [5.74, 6) is 0.672. The molecule has 0 radical (unpaired) electrons. The van der Waals surface area contributed by atoms with Gasteiger partial charge in [0.1, 0.15) is 0 Å². The number of hydrogen-bond acceptors (Lipinski definition) is 3. The SMILES string of the molecule is CC1CN(C2Cc3ccccc3C2O)CC1N(C)C. The number of hydrogen-bond donors (Lipinski definition) is 1. The van der Waals surface area contributed by atoms with Crippen LogP contribution < -0.4 is 0 Å². The van der Waals surface area contributed by atoms with Crippen LogP contribution in [-0.2, 0) is 6.42 Å². The molecule has 0 spiro atoms. The van der Waals surface area contributed by atoms with Gasteiger partial charge in [0.2, 0.25) is 0 Å². The molecular weight excluding hydrogens is 236 g/mol. The molecule has 1 heterocycles. The molecule has 1 aromatic carbocycles. The Balaban J connectivity index is 1.76. The van der Waals surface area contributed by atoms with Gasteiger partial charge in [0, 0.05) is 25.2 Å². The normalized spacial score (nSPS) is 35.0. The lowest BCUT2D eigenvalue weighted by atomic mass is 10.1. The predicted molar refractivity (Wildman–Crippen MR) is 77.1 cm³/mol. The summed E-state index contributed by atoms with van der Waals surface area (Å²) >= 11 is 0. The Bertz CT molecular complexity index is 460. The van der Waals surface area contributed by atoms with Crippen LogP contribution >= 0.6 is 0 Å². The summed E-state index contributed by atoms with van der Waals surface area (Å²) in [5.41, 5.74) is 2.45. The van der Waals surface area contributed by atoms with Crippen LogP contribution in [0.15, 0.2) is 24.3 Å². The Morgan fingerprint density at radius 1 is 1.21 bits per heavy atom. The monoisotopic (exact) mass is 260 g/mol. The highest BCUT2D eigenvalue weighted by molar-refractivity contribution is 5.36. The molecule has 0 saturated carbocycles. The van der Waals surface area contributed by atoms with Crippen molar-refractivity contribution in [1.29, 1.82) is 0 Å². The quantitative estimate of drug-likeness (QED) is 0.873. The zero-order valence-corrected chi connectivity index (χ0v) is 12.1. The predicted octanol–water partition coefficient (Wildman–Crippen LogP) is 1.53. The molecule has 3 rings (SSSR count). The molecule has 1 fully saturated rings. The van der Waals surface area contributed by atoms with Crippen molar-refractivity contribution >= 4 is 0 Å². The smallest absolute Gasteiger partial charge is 0.0951 e. The highest BCUT2D eigenvalue weighted by Gasteiger charge is 2.40. The second-order valence-electron chi connectivity index (χ2n) is 6.38. The second kappa shape index (κ2) is 4.89. The van der Waals surface area contributed by atoms with Gasteiger partial charge in [-0.3, -0.25) is 4.90 Å². The van der Waals surface area contributed by atoms with Crippen molar-refractivity contribution in [3.05, 3.63) is 35.4 Å². The molecule has 3 heteroatoms. The molecule has 4 unspecified atom stereocenters. The van der Waals surface area contributed by atoms with Gasteiger partial charge >= 0.3 is 0 Å². The Labute approximate surface area is 115 Å². The maximum absolute atomic E-state index is 10.6. The average Bonchev–Trinajstić information content (AvgIpc) is 2.91. The zero-order valence-electron chi connectivity index (χ0n) is 12.1. The van der Waals surface area contributed by atoms with Gasteiger partial charge in [-0.15, -0.1) is 0 Å². The topological polar surface area (TPSA) is 26.7 Å². The van der Waals surface area contributed by atoms with E-state index in [9.17, 15) is 5.11 Å². The Morgan fingerprint density at radius 2 is 1.95 bits per heavy atom. The van der Waals surface area contributed by atoms with Crippen molar-refractivity contribution in [2.24, 2.45) is 5.92 Å². The number of likely N-dealkylation sites (tertiary alicyclic amines) is 1. The first-order valence-electron chi connectivity index (χ1n) is 7.24. The lowest BCUT2D eigenvalue weighted by Gasteiger charge is -2.28. The number of benzene rings is 1. The summed E-state index contributed by atoms with van der Waals surface area (Å²) in [4.78, 5) is 4.80. The minimum absolute atomic E-state index is 0.268. The Kier molecular flexibility index (Phi) is 3.37. The van der Waals surface area contributed by atoms with E-state index in [2.05, 4.69) is 49.0 Å². The van der Waals surface area contributed by atoms with E-state index >= 15 is 0 Å². The van der Waals surface area contributed by atoms with Crippen molar-refractivity contribution in [3.8, 4) is 0 Å². The van der Waals surface area contributed by atoms with Gasteiger partial charge in [-0.2, -0.15) is 0 Å². The summed E-state index contributed by atoms with van der Waals surface area (Å²) < 4.78 is 0. The van der Waals surface area contributed by atoms with Gasteiger partial charge < -0.3 is 10.0 Å². The maximum atomic E-state index is 10.6.